The topological polar surface area (TPSA) is 23.5 Å². The molecule has 0 bridgehead atoms. The maximum atomic E-state index is 8.75. The fourth-order valence-corrected chi connectivity index (χ4v) is 2.17. The van der Waals surface area contributed by atoms with Crippen LogP contribution in [0, 0.1) is 0 Å². The Morgan fingerprint density at radius 2 is 2.00 bits per heavy atom. The number of aliphatic hydroxyl groups is 1. The largest absolute Gasteiger partial charge is 0.392 e. The first-order chi connectivity index (χ1) is 7.90. The molecule has 2 rings (SSSR count). The summed E-state index contributed by atoms with van der Waals surface area (Å²) in [6, 6.07) is 8.51. The molecule has 2 heteroatoms. The van der Waals surface area contributed by atoms with Crippen LogP contribution < -0.4 is 4.90 Å². The smallest absolute Gasteiger partial charge is 0.0615 e. The van der Waals surface area contributed by atoms with E-state index in [0.29, 0.717) is 0 Å². The summed E-state index contributed by atoms with van der Waals surface area (Å²) in [5.74, 6) is 0. The van der Waals surface area contributed by atoms with Crippen molar-refractivity contribution < 1.29 is 5.11 Å². The molecular weight excluding hydrogens is 198 g/mol. The van der Waals surface area contributed by atoms with E-state index in [1.165, 1.54) is 38.0 Å². The zero-order valence-electron chi connectivity index (χ0n) is 9.60. The molecule has 2 nitrogen and oxygen atoms in total. The molecule has 0 unspecified atom stereocenters. The van der Waals surface area contributed by atoms with Crippen LogP contribution in [0.4, 0.5) is 5.69 Å². The van der Waals surface area contributed by atoms with Gasteiger partial charge in [-0.15, -0.1) is 0 Å². The van der Waals surface area contributed by atoms with E-state index in [0.717, 1.165) is 5.56 Å². The van der Waals surface area contributed by atoms with E-state index < -0.39 is 0 Å². The number of aliphatic hydroxyl groups excluding tert-OH is 1. The van der Waals surface area contributed by atoms with Gasteiger partial charge >= 0.3 is 0 Å². The lowest BCUT2D eigenvalue weighted by Gasteiger charge is -2.29. The van der Waals surface area contributed by atoms with Crippen LogP contribution in [-0.4, -0.2) is 24.8 Å². The average Bonchev–Trinajstić information content (AvgIpc) is 2.38. The molecule has 0 amide bonds. The molecule has 0 atom stereocenters. The first kappa shape index (κ1) is 11.2. The summed E-state index contributed by atoms with van der Waals surface area (Å²) in [7, 11) is 0. The predicted molar refractivity (Wildman–Crippen MR) is 68.6 cm³/mol. The molecule has 1 aromatic carbocycles. The highest BCUT2D eigenvalue weighted by Crippen LogP contribution is 2.21. The first-order valence-electron chi connectivity index (χ1n) is 6.02. The Hall–Kier alpha value is -1.28. The third kappa shape index (κ3) is 2.86. The fraction of sp³-hybridized carbons (Fsp3) is 0.429. The molecule has 16 heavy (non-hydrogen) atoms. The Kier molecular flexibility index (Phi) is 4.00. The summed E-state index contributed by atoms with van der Waals surface area (Å²) >= 11 is 0. The average molecular weight is 217 g/mol. The Morgan fingerprint density at radius 3 is 2.75 bits per heavy atom. The van der Waals surface area contributed by atoms with Gasteiger partial charge in [0.1, 0.15) is 0 Å². The van der Waals surface area contributed by atoms with Crippen molar-refractivity contribution in [1.82, 2.24) is 0 Å². The van der Waals surface area contributed by atoms with Crippen molar-refractivity contribution >= 4 is 11.8 Å². The highest BCUT2D eigenvalue weighted by molar-refractivity contribution is 5.58. The van der Waals surface area contributed by atoms with Gasteiger partial charge in [-0.05, 0) is 37.0 Å². The van der Waals surface area contributed by atoms with E-state index in [4.69, 9.17) is 5.11 Å². The minimum Gasteiger partial charge on any atom is -0.392 e. The minimum atomic E-state index is 0.105. The van der Waals surface area contributed by atoms with Crippen LogP contribution in [0.3, 0.4) is 0 Å². The van der Waals surface area contributed by atoms with E-state index in [1.807, 2.05) is 6.08 Å². The summed E-state index contributed by atoms with van der Waals surface area (Å²) in [6.45, 7) is 2.45. The Balaban J connectivity index is 2.11. The van der Waals surface area contributed by atoms with E-state index >= 15 is 0 Å². The molecule has 86 valence electrons. The Labute approximate surface area is 97.2 Å². The maximum Gasteiger partial charge on any atom is 0.0615 e. The second-order valence-corrected chi connectivity index (χ2v) is 4.23. The molecule has 1 aliphatic heterocycles. The van der Waals surface area contributed by atoms with Crippen LogP contribution in [0.1, 0.15) is 24.8 Å². The zero-order valence-corrected chi connectivity index (χ0v) is 9.60. The van der Waals surface area contributed by atoms with Crippen LogP contribution in [-0.2, 0) is 0 Å². The molecule has 1 N–H and O–H groups in total. The van der Waals surface area contributed by atoms with Gasteiger partial charge in [0.2, 0.25) is 0 Å². The van der Waals surface area contributed by atoms with Gasteiger partial charge in [0.25, 0.3) is 0 Å². The van der Waals surface area contributed by atoms with Gasteiger partial charge < -0.3 is 10.0 Å². The normalized spacial score (nSPS) is 16.9. The second-order valence-electron chi connectivity index (χ2n) is 4.23. The number of rotatable bonds is 3. The molecule has 0 saturated carbocycles. The zero-order chi connectivity index (χ0) is 11.2. The van der Waals surface area contributed by atoms with Gasteiger partial charge in [-0.2, -0.15) is 0 Å². The van der Waals surface area contributed by atoms with E-state index in [9.17, 15) is 0 Å². The lowest BCUT2D eigenvalue weighted by atomic mass is 10.1. The third-order valence-electron chi connectivity index (χ3n) is 3.01. The third-order valence-corrected chi connectivity index (χ3v) is 3.01. The van der Waals surface area contributed by atoms with Gasteiger partial charge in [-0.3, -0.25) is 0 Å². The number of hydrogen-bond donors (Lipinski definition) is 1. The first-order valence-corrected chi connectivity index (χ1v) is 6.02. The molecule has 0 aromatic heterocycles. The maximum absolute atomic E-state index is 8.75. The quantitative estimate of drug-likeness (QED) is 0.841. The fourth-order valence-electron chi connectivity index (χ4n) is 2.17. The van der Waals surface area contributed by atoms with Gasteiger partial charge in [0, 0.05) is 18.8 Å². The Morgan fingerprint density at radius 1 is 1.19 bits per heavy atom. The van der Waals surface area contributed by atoms with Gasteiger partial charge in [-0.1, -0.05) is 24.3 Å². The van der Waals surface area contributed by atoms with Crippen molar-refractivity contribution in [2.24, 2.45) is 0 Å². The lowest BCUT2D eigenvalue weighted by molar-refractivity contribution is 0.343. The predicted octanol–water partition coefficient (Wildman–Crippen LogP) is 2.68. The van der Waals surface area contributed by atoms with E-state index in [2.05, 4.69) is 29.2 Å². The van der Waals surface area contributed by atoms with Crippen molar-refractivity contribution in [2.45, 2.75) is 19.3 Å². The van der Waals surface area contributed by atoms with Gasteiger partial charge in [0.05, 0.1) is 6.61 Å². The van der Waals surface area contributed by atoms with Crippen LogP contribution in [0.2, 0.25) is 0 Å². The highest BCUT2D eigenvalue weighted by atomic mass is 16.2. The van der Waals surface area contributed by atoms with Crippen molar-refractivity contribution in [3.05, 3.63) is 35.9 Å². The summed E-state index contributed by atoms with van der Waals surface area (Å²) in [5.41, 5.74) is 2.47. The van der Waals surface area contributed by atoms with E-state index in [-0.39, 0.29) is 6.61 Å². The van der Waals surface area contributed by atoms with Crippen LogP contribution >= 0.6 is 0 Å². The molecular formula is C14H19NO. The molecule has 1 heterocycles. The standard InChI is InChI=1S/C14H19NO/c16-11-5-7-13-6-4-8-14(12-13)15-9-2-1-3-10-15/h4-8,12,16H,1-3,9-11H2. The molecule has 0 aliphatic carbocycles. The summed E-state index contributed by atoms with van der Waals surface area (Å²) < 4.78 is 0. The molecule has 1 aromatic rings. The number of hydrogen-bond acceptors (Lipinski definition) is 2. The van der Waals surface area contributed by atoms with Gasteiger partial charge in [-0.25, -0.2) is 0 Å². The molecule has 0 radical (unpaired) electrons. The van der Waals surface area contributed by atoms with Crippen molar-refractivity contribution in [3.63, 3.8) is 0 Å². The van der Waals surface area contributed by atoms with Crippen LogP contribution in [0.15, 0.2) is 30.3 Å². The van der Waals surface area contributed by atoms with Crippen molar-refractivity contribution in [1.29, 1.82) is 0 Å². The summed E-state index contributed by atoms with van der Waals surface area (Å²) in [5, 5.41) is 8.75. The highest BCUT2D eigenvalue weighted by Gasteiger charge is 2.10. The van der Waals surface area contributed by atoms with E-state index in [1.54, 1.807) is 6.08 Å². The van der Waals surface area contributed by atoms with Gasteiger partial charge in [0.15, 0.2) is 0 Å². The number of anilines is 1. The van der Waals surface area contributed by atoms with Crippen molar-refractivity contribution in [3.8, 4) is 0 Å². The summed E-state index contributed by atoms with van der Waals surface area (Å²) in [4.78, 5) is 2.44. The number of nitrogens with zero attached hydrogens (tertiary/aromatic N) is 1. The lowest BCUT2D eigenvalue weighted by Crippen LogP contribution is -2.29. The monoisotopic (exact) mass is 217 g/mol. The van der Waals surface area contributed by atoms with Crippen LogP contribution in [0.25, 0.3) is 6.08 Å². The van der Waals surface area contributed by atoms with Crippen molar-refractivity contribution in [2.75, 3.05) is 24.6 Å². The minimum absolute atomic E-state index is 0.105. The molecule has 1 saturated heterocycles. The molecule has 1 fully saturated rings. The number of piperidine rings is 1. The van der Waals surface area contributed by atoms with Crippen LogP contribution in [0.5, 0.6) is 0 Å². The molecule has 0 spiro atoms. The molecule has 1 aliphatic rings. The SMILES string of the molecule is OCC=Cc1cccc(N2CCCCC2)c1. The second kappa shape index (κ2) is 5.71. The Bertz CT molecular complexity index is 354. The number of benzene rings is 1. The summed E-state index contributed by atoms with van der Waals surface area (Å²) in [6.07, 6.45) is 7.71.